The highest BCUT2D eigenvalue weighted by molar-refractivity contribution is 7.98. The van der Waals surface area contributed by atoms with Crippen LogP contribution in [0.5, 0.6) is 5.75 Å². The molecule has 13 heteroatoms. The third-order valence-corrected chi connectivity index (χ3v) is 6.12. The van der Waals surface area contributed by atoms with Crippen LogP contribution in [-0.4, -0.2) is 65.1 Å². The maximum absolute atomic E-state index is 12.3. The van der Waals surface area contributed by atoms with Crippen molar-refractivity contribution in [2.45, 2.75) is 61.1 Å². The van der Waals surface area contributed by atoms with Crippen LogP contribution in [-0.2, 0) is 10.5 Å². The van der Waals surface area contributed by atoms with Crippen LogP contribution in [0.2, 0.25) is 0 Å². The molecule has 9 nitrogen and oxygen atoms in total. The maximum atomic E-state index is 12.3. The van der Waals surface area contributed by atoms with E-state index in [4.69, 9.17) is 4.74 Å². The van der Waals surface area contributed by atoms with Gasteiger partial charge in [0, 0.05) is 5.75 Å². The maximum Gasteiger partial charge on any atom is 0.573 e. The van der Waals surface area contributed by atoms with Crippen molar-refractivity contribution >= 4 is 22.9 Å². The zero-order chi connectivity index (χ0) is 24.0. The molecule has 1 fully saturated rings. The summed E-state index contributed by atoms with van der Waals surface area (Å²) in [6.07, 6.45) is -6.70. The van der Waals surface area contributed by atoms with Crippen molar-refractivity contribution < 1.29 is 38.0 Å². The Hall–Kier alpha value is -2.45. The molecular formula is C20H21F3N4O5S. The second-order valence-corrected chi connectivity index (χ2v) is 9.03. The normalized spacial score (nSPS) is 23.9. The first kappa shape index (κ1) is 23.7. The molecule has 3 aromatic rings. The third kappa shape index (κ3) is 5.06. The van der Waals surface area contributed by atoms with Crippen molar-refractivity contribution in [3.63, 3.8) is 0 Å². The Labute approximate surface area is 190 Å². The molecule has 1 aromatic carbocycles. The van der Waals surface area contributed by atoms with E-state index in [1.807, 2.05) is 0 Å². The predicted molar refractivity (Wildman–Crippen MR) is 110 cm³/mol. The molecule has 0 amide bonds. The fraction of sp³-hybridized carbons (Fsp3) is 0.450. The average molecular weight is 486 g/mol. The lowest BCUT2D eigenvalue weighted by atomic mass is 9.96. The summed E-state index contributed by atoms with van der Waals surface area (Å²) in [5.74, 6) is 0.0916. The van der Waals surface area contributed by atoms with Gasteiger partial charge in [-0.1, -0.05) is 23.9 Å². The van der Waals surface area contributed by atoms with Crippen LogP contribution >= 0.6 is 11.8 Å². The van der Waals surface area contributed by atoms with E-state index in [0.717, 1.165) is 5.56 Å². The fourth-order valence-corrected chi connectivity index (χ4v) is 4.43. The molecule has 0 aliphatic carbocycles. The molecule has 0 unspecified atom stereocenters. The van der Waals surface area contributed by atoms with Crippen LogP contribution in [0.4, 0.5) is 13.2 Å². The number of imidazole rings is 1. The highest BCUT2D eigenvalue weighted by atomic mass is 32.2. The molecule has 178 valence electrons. The number of hydrogen-bond donors (Lipinski definition) is 3. The summed E-state index contributed by atoms with van der Waals surface area (Å²) in [5.41, 5.74) is 0.138. The minimum atomic E-state index is -4.75. The van der Waals surface area contributed by atoms with Crippen LogP contribution in [0.25, 0.3) is 11.2 Å². The summed E-state index contributed by atoms with van der Waals surface area (Å²) in [4.78, 5) is 12.8. The summed E-state index contributed by atoms with van der Waals surface area (Å²) in [5, 5.41) is 31.5. The van der Waals surface area contributed by atoms with E-state index in [1.165, 1.54) is 67.1 Å². The molecule has 4 atom stereocenters. The molecular weight excluding hydrogens is 465 g/mol. The zero-order valence-electron chi connectivity index (χ0n) is 17.5. The Balaban J connectivity index is 1.51. The third-order valence-electron chi connectivity index (χ3n) is 5.07. The monoisotopic (exact) mass is 486 g/mol. The fourth-order valence-electron chi connectivity index (χ4n) is 3.53. The van der Waals surface area contributed by atoms with Crippen molar-refractivity contribution in [1.82, 2.24) is 19.5 Å². The number of halogens is 3. The first-order valence-corrected chi connectivity index (χ1v) is 10.8. The molecule has 1 aliphatic heterocycles. The first-order valence-electron chi connectivity index (χ1n) is 9.83. The number of ether oxygens (including phenoxy) is 2. The SMILES string of the molecule is CC(C)(O)[C@H]1O[C@@H](n2cnc3c(SCc4ccc(OC(F)(F)F)cc4)ncnc32)[C@H](O)[C@@H]1O. The first-order chi connectivity index (χ1) is 15.4. The van der Waals surface area contributed by atoms with Crippen LogP contribution in [0, 0.1) is 0 Å². The highest BCUT2D eigenvalue weighted by Crippen LogP contribution is 2.37. The number of nitrogens with zero attached hydrogens (tertiary/aromatic N) is 4. The van der Waals surface area contributed by atoms with Crippen LogP contribution in [0.3, 0.4) is 0 Å². The van der Waals surface area contributed by atoms with E-state index in [1.54, 1.807) is 0 Å². The van der Waals surface area contributed by atoms with Crippen LogP contribution in [0.15, 0.2) is 41.9 Å². The van der Waals surface area contributed by atoms with Gasteiger partial charge in [0.05, 0.1) is 11.9 Å². The number of hydrogen-bond acceptors (Lipinski definition) is 9. The van der Waals surface area contributed by atoms with Gasteiger partial charge in [-0.15, -0.1) is 13.2 Å². The largest absolute Gasteiger partial charge is 0.573 e. The predicted octanol–water partition coefficient (Wildman–Crippen LogP) is 2.41. The number of alkyl halides is 3. The number of benzene rings is 1. The Morgan fingerprint density at radius 2 is 1.79 bits per heavy atom. The standard InChI is InChI=1S/C20H21F3N4O5S/c1-19(2,30)15-13(28)14(29)18(31-15)27-9-26-12-16(27)24-8-25-17(12)33-7-10-3-5-11(6-4-10)32-20(21,22)23/h3-6,8-9,13-15,18,28-30H,7H2,1-2H3/t13-,14+,15-,18+/m0/s1. The van der Waals surface area contributed by atoms with E-state index in [9.17, 15) is 28.5 Å². The van der Waals surface area contributed by atoms with Gasteiger partial charge in [-0.2, -0.15) is 0 Å². The Morgan fingerprint density at radius 1 is 1.09 bits per heavy atom. The summed E-state index contributed by atoms with van der Waals surface area (Å²) in [6, 6.07) is 5.51. The minimum absolute atomic E-state index is 0.305. The summed E-state index contributed by atoms with van der Waals surface area (Å²) in [7, 11) is 0. The van der Waals surface area contributed by atoms with Crippen molar-refractivity contribution in [3.8, 4) is 5.75 Å². The minimum Gasteiger partial charge on any atom is -0.406 e. The van der Waals surface area contributed by atoms with Gasteiger partial charge in [-0.25, -0.2) is 15.0 Å². The van der Waals surface area contributed by atoms with Crippen molar-refractivity contribution in [1.29, 1.82) is 0 Å². The Morgan fingerprint density at radius 3 is 2.39 bits per heavy atom. The lowest BCUT2D eigenvalue weighted by molar-refractivity contribution is -0.274. The van der Waals surface area contributed by atoms with E-state index >= 15 is 0 Å². The number of aliphatic hydroxyl groups is 3. The summed E-state index contributed by atoms with van der Waals surface area (Å²) < 4.78 is 48.0. The number of thioether (sulfide) groups is 1. The smallest absolute Gasteiger partial charge is 0.406 e. The van der Waals surface area contributed by atoms with Gasteiger partial charge in [-0.05, 0) is 31.5 Å². The molecule has 3 heterocycles. The molecule has 1 aliphatic rings. The number of aliphatic hydroxyl groups excluding tert-OH is 2. The van der Waals surface area contributed by atoms with Crippen molar-refractivity contribution in [3.05, 3.63) is 42.5 Å². The number of fused-ring (bicyclic) bond motifs is 1. The molecule has 0 saturated carbocycles. The quantitative estimate of drug-likeness (QED) is 0.356. The summed E-state index contributed by atoms with van der Waals surface area (Å²) >= 11 is 1.30. The molecule has 0 spiro atoms. The Kier molecular flexibility index (Phi) is 6.26. The van der Waals surface area contributed by atoms with Gasteiger partial charge >= 0.3 is 6.36 Å². The molecule has 1 saturated heterocycles. The molecule has 2 aromatic heterocycles. The average Bonchev–Trinajstić information content (AvgIpc) is 3.28. The van der Waals surface area contributed by atoms with E-state index in [2.05, 4.69) is 19.7 Å². The molecule has 33 heavy (non-hydrogen) atoms. The topological polar surface area (TPSA) is 123 Å². The van der Waals surface area contributed by atoms with E-state index in [-0.39, 0.29) is 5.75 Å². The number of rotatable bonds is 6. The van der Waals surface area contributed by atoms with Crippen molar-refractivity contribution in [2.75, 3.05) is 0 Å². The molecule has 3 N–H and O–H groups in total. The Bertz CT molecular complexity index is 1120. The number of aromatic nitrogens is 4. The second-order valence-electron chi connectivity index (χ2n) is 8.07. The molecule has 0 radical (unpaired) electrons. The molecule has 0 bridgehead atoms. The van der Waals surface area contributed by atoms with Gasteiger partial charge in [0.1, 0.15) is 40.9 Å². The van der Waals surface area contributed by atoms with Gasteiger partial charge in [0.15, 0.2) is 11.9 Å². The lowest BCUT2D eigenvalue weighted by Crippen LogP contribution is -2.44. The molecule has 4 rings (SSSR count). The zero-order valence-corrected chi connectivity index (χ0v) is 18.3. The van der Waals surface area contributed by atoms with E-state index in [0.29, 0.717) is 21.9 Å². The van der Waals surface area contributed by atoms with Crippen LogP contribution in [0.1, 0.15) is 25.6 Å². The van der Waals surface area contributed by atoms with Crippen molar-refractivity contribution in [2.24, 2.45) is 0 Å². The van der Waals surface area contributed by atoms with Gasteiger partial charge in [0.25, 0.3) is 0 Å². The van der Waals surface area contributed by atoms with Gasteiger partial charge in [0.2, 0.25) is 0 Å². The summed E-state index contributed by atoms with van der Waals surface area (Å²) in [6.45, 7) is 2.95. The van der Waals surface area contributed by atoms with Gasteiger partial charge in [-0.3, -0.25) is 4.57 Å². The lowest BCUT2D eigenvalue weighted by Gasteiger charge is -2.27. The highest BCUT2D eigenvalue weighted by Gasteiger charge is 2.50. The second kappa shape index (κ2) is 8.72. The van der Waals surface area contributed by atoms with Gasteiger partial charge < -0.3 is 24.8 Å². The van der Waals surface area contributed by atoms with Crippen LogP contribution < -0.4 is 4.74 Å². The van der Waals surface area contributed by atoms with E-state index < -0.39 is 36.5 Å².